The third kappa shape index (κ3) is 3.00. The van der Waals surface area contributed by atoms with Gasteiger partial charge in [-0.2, -0.15) is 0 Å². The lowest BCUT2D eigenvalue weighted by molar-refractivity contribution is 0.301. The molecule has 3 rings (SSSR count). The molecule has 20 heavy (non-hydrogen) atoms. The number of fused-ring (bicyclic) bond motifs is 1. The van der Waals surface area contributed by atoms with E-state index in [1.807, 2.05) is 18.3 Å². The molecule has 0 saturated heterocycles. The largest absolute Gasteiger partial charge is 0.271 e. The molecule has 0 bridgehead atoms. The van der Waals surface area contributed by atoms with Gasteiger partial charge in [0.25, 0.3) is 0 Å². The fraction of sp³-hybridized carbons (Fsp3) is 0.471. The first-order chi connectivity index (χ1) is 9.86. The van der Waals surface area contributed by atoms with Crippen molar-refractivity contribution in [3.05, 3.63) is 42.1 Å². The van der Waals surface area contributed by atoms with E-state index in [2.05, 4.69) is 28.6 Å². The Morgan fingerprint density at radius 1 is 1.20 bits per heavy atom. The van der Waals surface area contributed by atoms with Gasteiger partial charge in [-0.1, -0.05) is 50.3 Å². The number of nitrogens with one attached hydrogen (secondary N) is 1. The zero-order valence-corrected chi connectivity index (χ0v) is 11.9. The Morgan fingerprint density at radius 2 is 2.00 bits per heavy atom. The van der Waals surface area contributed by atoms with Gasteiger partial charge in [-0.05, 0) is 30.0 Å². The number of hydrogen-bond acceptors (Lipinski definition) is 3. The molecule has 1 heterocycles. The van der Waals surface area contributed by atoms with E-state index in [4.69, 9.17) is 5.84 Å². The lowest BCUT2D eigenvalue weighted by Crippen LogP contribution is -2.30. The first-order valence-corrected chi connectivity index (χ1v) is 7.67. The van der Waals surface area contributed by atoms with Gasteiger partial charge < -0.3 is 0 Å². The van der Waals surface area contributed by atoms with E-state index >= 15 is 0 Å². The monoisotopic (exact) mass is 269 g/mol. The Morgan fingerprint density at radius 3 is 2.80 bits per heavy atom. The maximum Gasteiger partial charge on any atom is 0.0702 e. The minimum Gasteiger partial charge on any atom is -0.271 e. The van der Waals surface area contributed by atoms with E-state index in [0.29, 0.717) is 0 Å². The average molecular weight is 269 g/mol. The second-order valence-corrected chi connectivity index (χ2v) is 5.92. The minimum atomic E-state index is 0.218. The van der Waals surface area contributed by atoms with E-state index in [1.54, 1.807) is 0 Å². The van der Waals surface area contributed by atoms with Crippen LogP contribution in [0.1, 0.15) is 50.1 Å². The lowest BCUT2D eigenvalue weighted by Gasteiger charge is -2.26. The standard InChI is InChI=1S/C17H23N3/c18-20-17(10-13-6-2-1-3-7-13)15-11-14-8-4-5-9-16(14)19-12-15/h4-5,8-9,11-13,17,20H,1-3,6-7,10,18H2. The van der Waals surface area contributed by atoms with Crippen LogP contribution in [-0.4, -0.2) is 4.98 Å². The number of pyridine rings is 1. The van der Waals surface area contributed by atoms with Crippen molar-refractivity contribution in [3.63, 3.8) is 0 Å². The Hall–Kier alpha value is -1.45. The molecular weight excluding hydrogens is 246 g/mol. The molecule has 1 aromatic heterocycles. The summed E-state index contributed by atoms with van der Waals surface area (Å²) >= 11 is 0. The number of aromatic nitrogens is 1. The highest BCUT2D eigenvalue weighted by Crippen LogP contribution is 2.32. The summed E-state index contributed by atoms with van der Waals surface area (Å²) < 4.78 is 0. The molecule has 1 atom stereocenters. The van der Waals surface area contributed by atoms with Crippen LogP contribution in [0.15, 0.2) is 36.5 Å². The highest BCUT2D eigenvalue weighted by Gasteiger charge is 2.19. The third-order valence-electron chi connectivity index (χ3n) is 4.51. The Bertz CT molecular complexity index is 561. The molecular formula is C17H23N3. The van der Waals surface area contributed by atoms with Crippen molar-refractivity contribution in [2.45, 2.75) is 44.6 Å². The van der Waals surface area contributed by atoms with Crippen molar-refractivity contribution in [1.82, 2.24) is 10.4 Å². The second-order valence-electron chi connectivity index (χ2n) is 5.92. The van der Waals surface area contributed by atoms with Gasteiger partial charge >= 0.3 is 0 Å². The average Bonchev–Trinajstić information content (AvgIpc) is 2.53. The quantitative estimate of drug-likeness (QED) is 0.657. The van der Waals surface area contributed by atoms with Gasteiger partial charge in [0.15, 0.2) is 0 Å². The Balaban J connectivity index is 1.79. The van der Waals surface area contributed by atoms with E-state index < -0.39 is 0 Å². The number of hydrogen-bond donors (Lipinski definition) is 2. The van der Waals surface area contributed by atoms with Gasteiger partial charge in [0, 0.05) is 17.6 Å². The lowest BCUT2D eigenvalue weighted by atomic mass is 9.83. The van der Waals surface area contributed by atoms with Crippen LogP contribution in [0, 0.1) is 5.92 Å². The van der Waals surface area contributed by atoms with Crippen LogP contribution in [0.25, 0.3) is 10.9 Å². The van der Waals surface area contributed by atoms with Gasteiger partial charge in [-0.25, -0.2) is 0 Å². The van der Waals surface area contributed by atoms with E-state index in [1.165, 1.54) is 43.1 Å². The van der Waals surface area contributed by atoms with Crippen LogP contribution in [-0.2, 0) is 0 Å². The first-order valence-electron chi connectivity index (χ1n) is 7.67. The van der Waals surface area contributed by atoms with Gasteiger partial charge in [-0.3, -0.25) is 16.3 Å². The molecule has 1 aliphatic carbocycles. The fourth-order valence-electron chi connectivity index (χ4n) is 3.34. The predicted octanol–water partition coefficient (Wildman–Crippen LogP) is 3.71. The molecule has 1 fully saturated rings. The predicted molar refractivity (Wildman–Crippen MR) is 83.0 cm³/mol. The van der Waals surface area contributed by atoms with Gasteiger partial charge in [-0.15, -0.1) is 0 Å². The molecule has 3 nitrogen and oxygen atoms in total. The molecule has 0 radical (unpaired) electrons. The molecule has 1 aromatic carbocycles. The third-order valence-corrected chi connectivity index (χ3v) is 4.51. The fourth-order valence-corrected chi connectivity index (χ4v) is 3.34. The number of nitrogens with zero attached hydrogens (tertiary/aromatic N) is 1. The van der Waals surface area contributed by atoms with Crippen molar-refractivity contribution in [3.8, 4) is 0 Å². The van der Waals surface area contributed by atoms with Gasteiger partial charge in [0.05, 0.1) is 5.52 Å². The summed E-state index contributed by atoms with van der Waals surface area (Å²) in [6.45, 7) is 0. The molecule has 1 aliphatic rings. The molecule has 0 aliphatic heterocycles. The molecule has 1 saturated carbocycles. The molecule has 2 aromatic rings. The highest BCUT2D eigenvalue weighted by atomic mass is 15.2. The molecule has 1 unspecified atom stereocenters. The van der Waals surface area contributed by atoms with Crippen LogP contribution >= 0.6 is 0 Å². The number of rotatable bonds is 4. The minimum absolute atomic E-state index is 0.218. The second kappa shape index (κ2) is 6.33. The van der Waals surface area contributed by atoms with Crippen molar-refractivity contribution >= 4 is 10.9 Å². The van der Waals surface area contributed by atoms with Crippen LogP contribution in [0.5, 0.6) is 0 Å². The summed E-state index contributed by atoms with van der Waals surface area (Å²) in [5, 5.41) is 1.19. The van der Waals surface area contributed by atoms with Crippen LogP contribution in [0.4, 0.5) is 0 Å². The zero-order valence-electron chi connectivity index (χ0n) is 11.9. The summed E-state index contributed by atoms with van der Waals surface area (Å²) in [6.07, 6.45) is 9.93. The van der Waals surface area contributed by atoms with Crippen LogP contribution in [0.3, 0.4) is 0 Å². The SMILES string of the molecule is NNC(CC1CCCCC1)c1cnc2ccccc2c1. The summed E-state index contributed by atoms with van der Waals surface area (Å²) in [5.74, 6) is 6.59. The normalized spacial score (nSPS) is 18.2. The molecule has 0 spiro atoms. The van der Waals surface area contributed by atoms with Gasteiger partial charge in [0.2, 0.25) is 0 Å². The van der Waals surface area contributed by atoms with Crippen molar-refractivity contribution in [1.29, 1.82) is 0 Å². The maximum absolute atomic E-state index is 5.79. The summed E-state index contributed by atoms with van der Waals surface area (Å²) in [7, 11) is 0. The van der Waals surface area contributed by atoms with Crippen LogP contribution < -0.4 is 11.3 Å². The molecule has 3 N–H and O–H groups in total. The first kappa shape index (κ1) is 13.5. The van der Waals surface area contributed by atoms with Gasteiger partial charge in [0.1, 0.15) is 0 Å². The van der Waals surface area contributed by atoms with Crippen molar-refractivity contribution in [2.24, 2.45) is 11.8 Å². The smallest absolute Gasteiger partial charge is 0.0702 e. The summed E-state index contributed by atoms with van der Waals surface area (Å²) in [5.41, 5.74) is 5.24. The maximum atomic E-state index is 5.79. The topological polar surface area (TPSA) is 50.9 Å². The van der Waals surface area contributed by atoms with Crippen molar-refractivity contribution < 1.29 is 0 Å². The Kier molecular flexibility index (Phi) is 4.28. The summed E-state index contributed by atoms with van der Waals surface area (Å²) in [4.78, 5) is 4.55. The van der Waals surface area contributed by atoms with E-state index in [-0.39, 0.29) is 6.04 Å². The van der Waals surface area contributed by atoms with E-state index in [9.17, 15) is 0 Å². The zero-order chi connectivity index (χ0) is 13.8. The molecule has 3 heteroatoms. The number of benzene rings is 1. The number of nitrogens with two attached hydrogens (primary N) is 1. The molecule has 106 valence electrons. The highest BCUT2D eigenvalue weighted by molar-refractivity contribution is 5.78. The number of hydrazine groups is 1. The van der Waals surface area contributed by atoms with Crippen molar-refractivity contribution in [2.75, 3.05) is 0 Å². The molecule has 0 amide bonds. The Labute approximate surface area is 120 Å². The number of para-hydroxylation sites is 1. The summed E-state index contributed by atoms with van der Waals surface area (Å²) in [6, 6.07) is 10.7. The van der Waals surface area contributed by atoms with Crippen LogP contribution in [0.2, 0.25) is 0 Å². The van der Waals surface area contributed by atoms with E-state index in [0.717, 1.165) is 17.9 Å².